The minimum Gasteiger partial charge on any atom is -0.338 e. The molecule has 0 radical (unpaired) electrons. The number of carbonyl (C=O) groups is 1. The normalized spacial score (nSPS) is 14.2. The maximum absolute atomic E-state index is 13.5. The van der Waals surface area contributed by atoms with E-state index in [4.69, 9.17) is 5.73 Å². The number of amides is 1. The van der Waals surface area contributed by atoms with E-state index in [-0.39, 0.29) is 11.5 Å². The molecule has 1 unspecified atom stereocenters. The van der Waals surface area contributed by atoms with Gasteiger partial charge in [0, 0.05) is 12.6 Å². The quantitative estimate of drug-likeness (QED) is 0.879. The summed E-state index contributed by atoms with van der Waals surface area (Å²) < 4.78 is 26.5. The molecule has 1 rings (SSSR count). The molecule has 5 heteroatoms. The molecular weight excluding hydrogens is 226 g/mol. The van der Waals surface area contributed by atoms with Gasteiger partial charge in [0.25, 0.3) is 0 Å². The van der Waals surface area contributed by atoms with Crippen LogP contribution >= 0.6 is 0 Å². The topological polar surface area (TPSA) is 46.3 Å². The number of hydrogen-bond acceptors (Lipinski definition) is 2. The van der Waals surface area contributed by atoms with E-state index in [0.717, 1.165) is 18.2 Å². The SMILES string of the molecule is CC(c1cc(F)ccc1F)N(C)C(=O)[C@H](C)N. The second-order valence-corrected chi connectivity index (χ2v) is 4.08. The lowest BCUT2D eigenvalue weighted by Gasteiger charge is -2.27. The molecule has 3 nitrogen and oxygen atoms in total. The fourth-order valence-corrected chi connectivity index (χ4v) is 1.56. The number of rotatable bonds is 3. The molecule has 2 atom stereocenters. The van der Waals surface area contributed by atoms with Crippen molar-refractivity contribution in [1.29, 1.82) is 0 Å². The van der Waals surface area contributed by atoms with Crippen LogP contribution in [-0.2, 0) is 4.79 Å². The van der Waals surface area contributed by atoms with Gasteiger partial charge in [-0.2, -0.15) is 0 Å². The maximum Gasteiger partial charge on any atom is 0.239 e. The summed E-state index contributed by atoms with van der Waals surface area (Å²) in [4.78, 5) is 12.9. The zero-order valence-electron chi connectivity index (χ0n) is 10.1. The van der Waals surface area contributed by atoms with Gasteiger partial charge >= 0.3 is 0 Å². The zero-order chi connectivity index (χ0) is 13.2. The van der Waals surface area contributed by atoms with Crippen molar-refractivity contribution in [1.82, 2.24) is 4.90 Å². The summed E-state index contributed by atoms with van der Waals surface area (Å²) in [7, 11) is 1.51. The van der Waals surface area contributed by atoms with Gasteiger partial charge in [-0.3, -0.25) is 4.79 Å². The predicted octanol–water partition coefficient (Wildman–Crippen LogP) is 1.83. The summed E-state index contributed by atoms with van der Waals surface area (Å²) >= 11 is 0. The molecule has 1 aromatic rings. The summed E-state index contributed by atoms with van der Waals surface area (Å²) in [6, 6.07) is 1.94. The fourth-order valence-electron chi connectivity index (χ4n) is 1.56. The first kappa shape index (κ1) is 13.6. The molecule has 0 aliphatic rings. The second-order valence-electron chi connectivity index (χ2n) is 4.08. The van der Waals surface area contributed by atoms with Gasteiger partial charge in [-0.1, -0.05) is 0 Å². The van der Waals surface area contributed by atoms with Crippen LogP contribution in [0.25, 0.3) is 0 Å². The van der Waals surface area contributed by atoms with Crippen molar-refractivity contribution in [3.05, 3.63) is 35.4 Å². The Balaban J connectivity index is 2.99. The Bertz CT molecular complexity index is 421. The highest BCUT2D eigenvalue weighted by molar-refractivity contribution is 5.81. The maximum atomic E-state index is 13.5. The van der Waals surface area contributed by atoms with Gasteiger partial charge in [0.05, 0.1) is 12.1 Å². The molecule has 17 heavy (non-hydrogen) atoms. The number of benzene rings is 1. The first-order valence-electron chi connectivity index (χ1n) is 5.31. The van der Waals surface area contributed by atoms with Crippen molar-refractivity contribution in [2.24, 2.45) is 5.73 Å². The minimum atomic E-state index is -0.668. The lowest BCUT2D eigenvalue weighted by atomic mass is 10.1. The smallest absolute Gasteiger partial charge is 0.239 e. The molecule has 0 spiro atoms. The van der Waals surface area contributed by atoms with Crippen molar-refractivity contribution >= 4 is 5.91 Å². The molecule has 94 valence electrons. The lowest BCUT2D eigenvalue weighted by molar-refractivity contribution is -0.132. The summed E-state index contributed by atoms with van der Waals surface area (Å²) in [5, 5.41) is 0. The van der Waals surface area contributed by atoms with Gasteiger partial charge in [0.1, 0.15) is 11.6 Å². The van der Waals surface area contributed by atoms with Gasteiger partial charge in [-0.15, -0.1) is 0 Å². The van der Waals surface area contributed by atoms with Crippen molar-refractivity contribution in [3.8, 4) is 0 Å². The molecule has 1 aromatic carbocycles. The summed E-state index contributed by atoms with van der Waals surface area (Å²) in [6.45, 7) is 3.17. The standard InChI is InChI=1S/C12H16F2N2O/c1-7(15)12(17)16(3)8(2)10-6-9(13)4-5-11(10)14/h4-8H,15H2,1-3H3/t7-,8?/m0/s1. The van der Waals surface area contributed by atoms with Crippen molar-refractivity contribution < 1.29 is 13.6 Å². The highest BCUT2D eigenvalue weighted by Crippen LogP contribution is 2.23. The van der Waals surface area contributed by atoms with Gasteiger partial charge in [0.15, 0.2) is 0 Å². The van der Waals surface area contributed by atoms with E-state index in [9.17, 15) is 13.6 Å². The van der Waals surface area contributed by atoms with E-state index in [1.54, 1.807) is 13.8 Å². The number of carbonyl (C=O) groups excluding carboxylic acids is 1. The molecule has 2 N–H and O–H groups in total. The first-order chi connectivity index (χ1) is 7.84. The average Bonchev–Trinajstić information content (AvgIpc) is 2.29. The van der Waals surface area contributed by atoms with Gasteiger partial charge in [0.2, 0.25) is 5.91 Å². The van der Waals surface area contributed by atoms with Gasteiger partial charge < -0.3 is 10.6 Å². The molecule has 0 aromatic heterocycles. The second kappa shape index (κ2) is 5.23. The number of hydrogen-bond donors (Lipinski definition) is 1. The Morgan fingerprint density at radius 1 is 1.35 bits per heavy atom. The zero-order valence-corrected chi connectivity index (χ0v) is 10.1. The third-order valence-corrected chi connectivity index (χ3v) is 2.73. The van der Waals surface area contributed by atoms with E-state index < -0.39 is 23.7 Å². The minimum absolute atomic E-state index is 0.140. The predicted molar refractivity (Wildman–Crippen MR) is 61.2 cm³/mol. The van der Waals surface area contributed by atoms with Crippen molar-refractivity contribution in [2.75, 3.05) is 7.05 Å². The molecular formula is C12H16F2N2O. The highest BCUT2D eigenvalue weighted by atomic mass is 19.1. The molecule has 0 aliphatic carbocycles. The number of nitrogens with two attached hydrogens (primary N) is 1. The third-order valence-electron chi connectivity index (χ3n) is 2.73. The highest BCUT2D eigenvalue weighted by Gasteiger charge is 2.22. The molecule has 0 fully saturated rings. The van der Waals surface area contributed by atoms with Crippen LogP contribution in [0.3, 0.4) is 0 Å². The summed E-state index contributed by atoms with van der Waals surface area (Å²) in [6.07, 6.45) is 0. The molecule has 1 amide bonds. The third kappa shape index (κ3) is 3.00. The lowest BCUT2D eigenvalue weighted by Crippen LogP contribution is -2.41. The van der Waals surface area contributed by atoms with Gasteiger partial charge in [-0.25, -0.2) is 8.78 Å². The van der Waals surface area contributed by atoms with E-state index in [1.807, 2.05) is 0 Å². The first-order valence-corrected chi connectivity index (χ1v) is 5.31. The van der Waals surface area contributed by atoms with Crippen LogP contribution in [0.2, 0.25) is 0 Å². The molecule has 0 aliphatic heterocycles. The van der Waals surface area contributed by atoms with E-state index in [1.165, 1.54) is 11.9 Å². The average molecular weight is 242 g/mol. The van der Waals surface area contributed by atoms with Crippen LogP contribution in [0, 0.1) is 11.6 Å². The van der Waals surface area contributed by atoms with Crippen LogP contribution in [0.15, 0.2) is 18.2 Å². The Labute approximate surface area is 99.2 Å². The number of nitrogens with zero attached hydrogens (tertiary/aromatic N) is 1. The molecule has 0 heterocycles. The monoisotopic (exact) mass is 242 g/mol. The van der Waals surface area contributed by atoms with Crippen LogP contribution in [0.4, 0.5) is 8.78 Å². The molecule has 0 saturated heterocycles. The molecule has 0 bridgehead atoms. The Morgan fingerprint density at radius 3 is 2.47 bits per heavy atom. The summed E-state index contributed by atoms with van der Waals surface area (Å²) in [5.41, 5.74) is 5.60. The van der Waals surface area contributed by atoms with E-state index in [2.05, 4.69) is 0 Å². The Hall–Kier alpha value is -1.49. The van der Waals surface area contributed by atoms with E-state index >= 15 is 0 Å². The Morgan fingerprint density at radius 2 is 1.94 bits per heavy atom. The number of halogens is 2. The van der Waals surface area contributed by atoms with Crippen LogP contribution in [0.1, 0.15) is 25.5 Å². The fraction of sp³-hybridized carbons (Fsp3) is 0.417. The van der Waals surface area contributed by atoms with Crippen LogP contribution in [0.5, 0.6) is 0 Å². The largest absolute Gasteiger partial charge is 0.338 e. The van der Waals surface area contributed by atoms with Crippen LogP contribution < -0.4 is 5.73 Å². The molecule has 0 saturated carbocycles. The van der Waals surface area contributed by atoms with Crippen LogP contribution in [-0.4, -0.2) is 23.9 Å². The van der Waals surface area contributed by atoms with E-state index in [0.29, 0.717) is 0 Å². The Kier molecular flexibility index (Phi) is 4.17. The van der Waals surface area contributed by atoms with Gasteiger partial charge in [-0.05, 0) is 32.0 Å². The van der Waals surface area contributed by atoms with Crippen molar-refractivity contribution in [3.63, 3.8) is 0 Å². The van der Waals surface area contributed by atoms with Crippen molar-refractivity contribution in [2.45, 2.75) is 25.9 Å². The number of likely N-dealkylation sites (N-methyl/N-ethyl adjacent to an activating group) is 1. The summed E-state index contributed by atoms with van der Waals surface area (Å²) in [5.74, 6) is -1.39.